The molecular weight excluding hydrogens is 564 g/mol. The second-order valence-corrected chi connectivity index (χ2v) is 18.9. The van der Waals surface area contributed by atoms with E-state index in [1.165, 1.54) is 0 Å². The highest BCUT2D eigenvalue weighted by molar-refractivity contribution is 6.74. The molecule has 2 aromatic rings. The van der Waals surface area contributed by atoms with Gasteiger partial charge in [-0.2, -0.15) is 0 Å². The molecule has 2 aliphatic rings. The van der Waals surface area contributed by atoms with Gasteiger partial charge in [0.05, 0.1) is 6.10 Å². The summed E-state index contributed by atoms with van der Waals surface area (Å²) in [5.74, 6) is -1.35. The summed E-state index contributed by atoms with van der Waals surface area (Å²) in [6, 6.07) is 14.3. The summed E-state index contributed by atoms with van der Waals surface area (Å²) in [7, 11) is -2.16. The Morgan fingerprint density at radius 1 is 0.977 bits per heavy atom. The SMILES string of the molecule is CC(C)(C)OC(=O)N1CC(O[Si](C)(C)C(C)(C)C)CC1CC(NC(=O)OCC1c2ccccc2-c2ccccc21)C(=O)O. The van der Waals surface area contributed by atoms with Gasteiger partial charge in [0.2, 0.25) is 0 Å². The lowest BCUT2D eigenvalue weighted by atomic mass is 9.98. The van der Waals surface area contributed by atoms with Crippen LogP contribution in [-0.2, 0) is 18.7 Å². The minimum Gasteiger partial charge on any atom is -0.480 e. The largest absolute Gasteiger partial charge is 0.480 e. The highest BCUT2D eigenvalue weighted by Gasteiger charge is 2.45. The van der Waals surface area contributed by atoms with E-state index in [-0.39, 0.29) is 30.1 Å². The third kappa shape index (κ3) is 7.59. The van der Waals surface area contributed by atoms with Crippen molar-refractivity contribution in [1.82, 2.24) is 10.2 Å². The summed E-state index contributed by atoms with van der Waals surface area (Å²) in [6.07, 6.45) is -1.16. The second-order valence-electron chi connectivity index (χ2n) is 14.1. The van der Waals surface area contributed by atoms with E-state index in [1.807, 2.05) is 36.4 Å². The average molecular weight is 611 g/mol. The molecule has 9 nitrogen and oxygen atoms in total. The van der Waals surface area contributed by atoms with Crippen LogP contribution in [0.5, 0.6) is 0 Å². The monoisotopic (exact) mass is 610 g/mol. The summed E-state index contributed by atoms with van der Waals surface area (Å²) < 4.78 is 17.9. The first-order valence-corrected chi connectivity index (χ1v) is 17.9. The van der Waals surface area contributed by atoms with Gasteiger partial charge in [-0.1, -0.05) is 69.3 Å². The first-order chi connectivity index (χ1) is 20.0. The predicted molar refractivity (Wildman–Crippen MR) is 168 cm³/mol. The molecule has 43 heavy (non-hydrogen) atoms. The third-order valence-corrected chi connectivity index (χ3v) is 13.2. The number of amides is 2. The van der Waals surface area contributed by atoms with Crippen LogP contribution in [0.3, 0.4) is 0 Å². The van der Waals surface area contributed by atoms with E-state index >= 15 is 0 Å². The zero-order valence-corrected chi connectivity index (χ0v) is 27.6. The van der Waals surface area contributed by atoms with Crippen LogP contribution in [0.1, 0.15) is 71.4 Å². The van der Waals surface area contributed by atoms with Gasteiger partial charge >= 0.3 is 18.2 Å². The standard InChI is InChI=1S/C33H46N2O7Si/c1-32(2,3)41-31(39)35-19-22(42-43(7,8)33(4,5)6)17-21(35)18-28(29(36)37)34-30(38)40-20-27-25-15-11-9-13-23(25)24-14-10-12-16-26(24)27/h9-16,21-22,27-28H,17-20H2,1-8H3,(H,34,38)(H,36,37). The number of rotatable bonds is 8. The molecule has 1 aliphatic heterocycles. The lowest BCUT2D eigenvalue weighted by molar-refractivity contribution is -0.139. The first kappa shape index (κ1) is 32.5. The number of fused-ring (bicyclic) bond motifs is 3. The van der Waals surface area contributed by atoms with Crippen molar-refractivity contribution >= 4 is 26.5 Å². The molecule has 234 valence electrons. The quantitative estimate of drug-likeness (QED) is 0.317. The zero-order valence-electron chi connectivity index (χ0n) is 26.6. The number of nitrogens with zero attached hydrogens (tertiary/aromatic N) is 1. The lowest BCUT2D eigenvalue weighted by Gasteiger charge is -2.38. The molecule has 3 atom stereocenters. The number of alkyl carbamates (subject to hydrolysis) is 1. The number of carboxylic acids is 1. The van der Waals surface area contributed by atoms with Gasteiger partial charge in [-0.3, -0.25) is 0 Å². The van der Waals surface area contributed by atoms with E-state index in [1.54, 1.807) is 25.7 Å². The zero-order chi connectivity index (χ0) is 31.7. The minimum atomic E-state index is -2.16. The Morgan fingerprint density at radius 2 is 1.53 bits per heavy atom. The molecule has 1 saturated heterocycles. The van der Waals surface area contributed by atoms with Crippen molar-refractivity contribution in [2.24, 2.45) is 0 Å². The second kappa shape index (κ2) is 12.3. The maximum atomic E-state index is 13.2. The molecule has 1 aliphatic carbocycles. The van der Waals surface area contributed by atoms with E-state index in [2.05, 4.69) is 51.3 Å². The number of hydrogen-bond acceptors (Lipinski definition) is 6. The van der Waals surface area contributed by atoms with Crippen molar-refractivity contribution in [3.8, 4) is 11.1 Å². The summed E-state index contributed by atoms with van der Waals surface area (Å²) in [5.41, 5.74) is 3.63. The van der Waals surface area contributed by atoms with Crippen molar-refractivity contribution < 1.29 is 33.4 Å². The number of carbonyl (C=O) groups excluding carboxylic acids is 2. The molecule has 4 rings (SSSR count). The fourth-order valence-electron chi connectivity index (χ4n) is 5.60. The Balaban J connectivity index is 1.45. The van der Waals surface area contributed by atoms with Crippen molar-refractivity contribution in [3.05, 3.63) is 59.7 Å². The first-order valence-electron chi connectivity index (χ1n) is 15.0. The molecule has 0 aromatic heterocycles. The molecule has 10 heteroatoms. The van der Waals surface area contributed by atoms with E-state index in [4.69, 9.17) is 13.9 Å². The van der Waals surface area contributed by atoms with Crippen LogP contribution in [-0.4, -0.2) is 73.4 Å². The Hall–Kier alpha value is -3.37. The van der Waals surface area contributed by atoms with Crippen LogP contribution in [0.25, 0.3) is 11.1 Å². The van der Waals surface area contributed by atoms with Gasteiger partial charge in [0, 0.05) is 18.5 Å². The van der Waals surface area contributed by atoms with Crippen molar-refractivity contribution in [2.75, 3.05) is 13.2 Å². The van der Waals surface area contributed by atoms with Crippen LogP contribution < -0.4 is 5.32 Å². The fourth-order valence-corrected chi connectivity index (χ4v) is 6.95. The predicted octanol–water partition coefficient (Wildman–Crippen LogP) is 6.77. The molecule has 2 aromatic carbocycles. The molecule has 3 unspecified atom stereocenters. The molecule has 0 radical (unpaired) electrons. The number of carbonyl (C=O) groups is 3. The molecule has 0 spiro atoms. The number of benzene rings is 2. The van der Waals surface area contributed by atoms with Gasteiger partial charge in [-0.15, -0.1) is 0 Å². The van der Waals surface area contributed by atoms with E-state index in [9.17, 15) is 19.5 Å². The Labute approximate surface area is 256 Å². The van der Waals surface area contributed by atoms with Gasteiger partial charge in [-0.25, -0.2) is 14.4 Å². The van der Waals surface area contributed by atoms with Crippen molar-refractivity contribution in [3.63, 3.8) is 0 Å². The lowest BCUT2D eigenvalue weighted by Crippen LogP contribution is -2.47. The van der Waals surface area contributed by atoms with E-state index < -0.39 is 44.2 Å². The van der Waals surface area contributed by atoms with E-state index in [0.717, 1.165) is 22.3 Å². The van der Waals surface area contributed by atoms with Crippen LogP contribution >= 0.6 is 0 Å². The fraction of sp³-hybridized carbons (Fsp3) is 0.545. The molecule has 0 bridgehead atoms. The summed E-state index contributed by atoms with van der Waals surface area (Å²) in [4.78, 5) is 40.0. The summed E-state index contributed by atoms with van der Waals surface area (Å²) in [5, 5.41) is 12.6. The maximum Gasteiger partial charge on any atom is 0.410 e. The van der Waals surface area contributed by atoms with Gasteiger partial charge in [0.15, 0.2) is 8.32 Å². The number of nitrogens with one attached hydrogen (secondary N) is 1. The van der Waals surface area contributed by atoms with Crippen LogP contribution in [0, 0.1) is 0 Å². The molecule has 2 amide bonds. The average Bonchev–Trinajstić information content (AvgIpc) is 3.43. The number of likely N-dealkylation sites (tertiary alicyclic amines) is 1. The molecule has 2 N–H and O–H groups in total. The van der Waals surface area contributed by atoms with Gasteiger partial charge in [-0.05, 0) is 74.0 Å². The van der Waals surface area contributed by atoms with Gasteiger partial charge in [0.1, 0.15) is 18.2 Å². The van der Waals surface area contributed by atoms with Crippen LogP contribution in [0.2, 0.25) is 18.1 Å². The van der Waals surface area contributed by atoms with Crippen LogP contribution in [0.15, 0.2) is 48.5 Å². The highest BCUT2D eigenvalue weighted by Crippen LogP contribution is 2.44. The van der Waals surface area contributed by atoms with Crippen molar-refractivity contribution in [2.45, 2.75) is 102 Å². The number of aliphatic carboxylic acids is 1. The van der Waals surface area contributed by atoms with Crippen LogP contribution in [0.4, 0.5) is 9.59 Å². The number of carboxylic acid groups (broad SMARTS) is 1. The number of ether oxygens (including phenoxy) is 2. The molecular formula is C33H46N2O7Si. The Bertz CT molecular complexity index is 1300. The number of hydrogen-bond donors (Lipinski definition) is 2. The molecule has 0 saturated carbocycles. The van der Waals surface area contributed by atoms with Gasteiger partial charge < -0.3 is 29.2 Å². The Morgan fingerprint density at radius 3 is 2.05 bits per heavy atom. The third-order valence-electron chi connectivity index (χ3n) is 8.71. The maximum absolute atomic E-state index is 13.2. The van der Waals surface area contributed by atoms with Gasteiger partial charge in [0.25, 0.3) is 0 Å². The molecule has 1 fully saturated rings. The smallest absolute Gasteiger partial charge is 0.410 e. The molecule has 1 heterocycles. The minimum absolute atomic E-state index is 0.00384. The summed E-state index contributed by atoms with van der Waals surface area (Å²) in [6.45, 7) is 16.5. The van der Waals surface area contributed by atoms with E-state index in [0.29, 0.717) is 13.0 Å². The summed E-state index contributed by atoms with van der Waals surface area (Å²) >= 11 is 0. The normalized spacial score (nSPS) is 19.4. The highest BCUT2D eigenvalue weighted by atomic mass is 28.4. The van der Waals surface area contributed by atoms with Crippen molar-refractivity contribution in [1.29, 1.82) is 0 Å². The topological polar surface area (TPSA) is 114 Å². The Kier molecular flexibility index (Phi) is 9.32.